The SMILES string of the molecule is CCCC(CCO)CNC(=NCc1ccnc(OCC2CC2)c1)NCC.I. The topological polar surface area (TPSA) is 78.8 Å². The van der Waals surface area contributed by atoms with Gasteiger partial charge in [0.05, 0.1) is 13.2 Å². The number of hydrogen-bond donors (Lipinski definition) is 3. The van der Waals surface area contributed by atoms with E-state index in [1.807, 2.05) is 12.1 Å². The van der Waals surface area contributed by atoms with Crippen LogP contribution in [0.5, 0.6) is 5.88 Å². The lowest BCUT2D eigenvalue weighted by atomic mass is 10.0. The minimum atomic E-state index is 0. The van der Waals surface area contributed by atoms with E-state index in [1.165, 1.54) is 12.8 Å². The molecule has 1 fully saturated rings. The van der Waals surface area contributed by atoms with Crippen LogP contribution in [0.1, 0.15) is 51.5 Å². The second-order valence-electron chi connectivity index (χ2n) is 7.00. The maximum atomic E-state index is 9.20. The number of aromatic nitrogens is 1. The summed E-state index contributed by atoms with van der Waals surface area (Å²) in [6, 6.07) is 3.95. The van der Waals surface area contributed by atoms with Crippen LogP contribution in [0.3, 0.4) is 0 Å². The minimum Gasteiger partial charge on any atom is -0.477 e. The van der Waals surface area contributed by atoms with Crippen LogP contribution in [0.25, 0.3) is 0 Å². The third kappa shape index (κ3) is 10.1. The van der Waals surface area contributed by atoms with Gasteiger partial charge in [-0.2, -0.15) is 0 Å². The van der Waals surface area contributed by atoms with Crippen molar-refractivity contribution in [3.05, 3.63) is 23.9 Å². The average molecular weight is 490 g/mol. The fraction of sp³-hybridized carbons (Fsp3) is 0.700. The number of ether oxygens (including phenoxy) is 1. The first-order valence-corrected chi connectivity index (χ1v) is 9.95. The van der Waals surface area contributed by atoms with Crippen molar-refractivity contribution >= 4 is 29.9 Å². The van der Waals surface area contributed by atoms with Gasteiger partial charge in [0, 0.05) is 32.0 Å². The molecule has 6 nitrogen and oxygen atoms in total. The second kappa shape index (κ2) is 14.0. The van der Waals surface area contributed by atoms with Gasteiger partial charge in [-0.15, -0.1) is 24.0 Å². The van der Waals surface area contributed by atoms with Crippen LogP contribution in [0.2, 0.25) is 0 Å². The van der Waals surface area contributed by atoms with Crippen LogP contribution < -0.4 is 15.4 Å². The number of guanidine groups is 1. The number of pyridine rings is 1. The molecule has 3 N–H and O–H groups in total. The third-order valence-electron chi connectivity index (χ3n) is 4.52. The number of halogens is 1. The van der Waals surface area contributed by atoms with Gasteiger partial charge in [-0.25, -0.2) is 9.98 Å². The molecule has 1 aromatic rings. The van der Waals surface area contributed by atoms with E-state index in [9.17, 15) is 5.11 Å². The van der Waals surface area contributed by atoms with Gasteiger partial charge in [0.1, 0.15) is 0 Å². The predicted molar refractivity (Wildman–Crippen MR) is 121 cm³/mol. The number of aliphatic hydroxyl groups is 1. The van der Waals surface area contributed by atoms with Crippen LogP contribution >= 0.6 is 24.0 Å². The lowest BCUT2D eigenvalue weighted by Crippen LogP contribution is -2.40. The van der Waals surface area contributed by atoms with Crippen molar-refractivity contribution in [1.82, 2.24) is 15.6 Å². The van der Waals surface area contributed by atoms with Crippen molar-refractivity contribution in [1.29, 1.82) is 0 Å². The van der Waals surface area contributed by atoms with Gasteiger partial charge < -0.3 is 20.5 Å². The zero-order valence-electron chi connectivity index (χ0n) is 16.6. The minimum absolute atomic E-state index is 0. The molecule has 1 aliphatic carbocycles. The molecular formula is C20H35IN4O2. The first-order chi connectivity index (χ1) is 12.7. The normalized spacial score (nSPS) is 15.0. The molecule has 1 unspecified atom stereocenters. The number of rotatable bonds is 12. The van der Waals surface area contributed by atoms with Crippen molar-refractivity contribution in [3.8, 4) is 5.88 Å². The molecule has 0 amide bonds. The van der Waals surface area contributed by atoms with E-state index in [0.29, 0.717) is 18.3 Å². The van der Waals surface area contributed by atoms with E-state index in [2.05, 4.69) is 34.5 Å². The smallest absolute Gasteiger partial charge is 0.213 e. The predicted octanol–water partition coefficient (Wildman–Crippen LogP) is 3.34. The van der Waals surface area contributed by atoms with Crippen LogP contribution in [0.4, 0.5) is 0 Å². The lowest BCUT2D eigenvalue weighted by molar-refractivity contribution is 0.251. The first-order valence-electron chi connectivity index (χ1n) is 9.95. The van der Waals surface area contributed by atoms with Crippen molar-refractivity contribution in [3.63, 3.8) is 0 Å². The monoisotopic (exact) mass is 490 g/mol. The molecule has 0 aliphatic heterocycles. The van der Waals surface area contributed by atoms with Gasteiger partial charge in [0.15, 0.2) is 5.96 Å². The van der Waals surface area contributed by atoms with Gasteiger partial charge in [0.2, 0.25) is 5.88 Å². The van der Waals surface area contributed by atoms with E-state index in [1.54, 1.807) is 6.20 Å². The first kappa shape index (κ1) is 23.9. The second-order valence-corrected chi connectivity index (χ2v) is 7.00. The summed E-state index contributed by atoms with van der Waals surface area (Å²) in [5, 5.41) is 15.9. The van der Waals surface area contributed by atoms with Gasteiger partial charge in [-0.05, 0) is 56.1 Å². The lowest BCUT2D eigenvalue weighted by Gasteiger charge is -2.18. The Labute approximate surface area is 180 Å². The Kier molecular flexibility index (Phi) is 12.4. The molecule has 1 atom stereocenters. The molecule has 0 bridgehead atoms. The Bertz CT molecular complexity index is 547. The molecule has 0 aromatic carbocycles. The number of hydrogen-bond acceptors (Lipinski definition) is 4. The molecule has 154 valence electrons. The zero-order chi connectivity index (χ0) is 18.6. The molecule has 27 heavy (non-hydrogen) atoms. The molecule has 7 heteroatoms. The van der Waals surface area contributed by atoms with Gasteiger partial charge in [-0.1, -0.05) is 13.3 Å². The van der Waals surface area contributed by atoms with E-state index >= 15 is 0 Å². The van der Waals surface area contributed by atoms with Crippen LogP contribution in [0.15, 0.2) is 23.3 Å². The largest absolute Gasteiger partial charge is 0.477 e. The molecule has 1 aliphatic rings. The van der Waals surface area contributed by atoms with Gasteiger partial charge in [0.25, 0.3) is 0 Å². The van der Waals surface area contributed by atoms with Crippen molar-refractivity contribution < 1.29 is 9.84 Å². The van der Waals surface area contributed by atoms with Gasteiger partial charge in [-0.3, -0.25) is 0 Å². The fourth-order valence-electron chi connectivity index (χ4n) is 2.81. The summed E-state index contributed by atoms with van der Waals surface area (Å²) >= 11 is 0. The number of aliphatic hydroxyl groups excluding tert-OH is 1. The molecule has 1 heterocycles. The summed E-state index contributed by atoms with van der Waals surface area (Å²) in [7, 11) is 0. The fourth-order valence-corrected chi connectivity index (χ4v) is 2.81. The highest BCUT2D eigenvalue weighted by molar-refractivity contribution is 14.0. The van der Waals surface area contributed by atoms with Gasteiger partial charge >= 0.3 is 0 Å². The maximum Gasteiger partial charge on any atom is 0.213 e. The third-order valence-corrected chi connectivity index (χ3v) is 4.52. The number of nitrogens with one attached hydrogen (secondary N) is 2. The van der Waals surface area contributed by atoms with E-state index < -0.39 is 0 Å². The van der Waals surface area contributed by atoms with Crippen molar-refractivity contribution in [2.24, 2.45) is 16.8 Å². The zero-order valence-corrected chi connectivity index (χ0v) is 18.9. The molecular weight excluding hydrogens is 455 g/mol. The molecule has 0 radical (unpaired) electrons. The van der Waals surface area contributed by atoms with Crippen molar-refractivity contribution in [2.75, 3.05) is 26.3 Å². The summed E-state index contributed by atoms with van der Waals surface area (Å²) in [6.45, 7) is 7.47. The van der Waals surface area contributed by atoms with E-state index in [4.69, 9.17) is 4.74 Å². The number of nitrogens with zero attached hydrogens (tertiary/aromatic N) is 2. The average Bonchev–Trinajstić information content (AvgIpc) is 3.47. The number of aliphatic imine (C=N–C) groups is 1. The summed E-state index contributed by atoms with van der Waals surface area (Å²) in [5.74, 6) is 2.69. The Morgan fingerprint density at radius 1 is 1.33 bits per heavy atom. The Morgan fingerprint density at radius 3 is 2.81 bits per heavy atom. The van der Waals surface area contributed by atoms with E-state index in [0.717, 1.165) is 56.4 Å². The Hall–Kier alpha value is -1.09. The summed E-state index contributed by atoms with van der Waals surface area (Å²) < 4.78 is 5.74. The maximum absolute atomic E-state index is 9.20. The summed E-state index contributed by atoms with van der Waals surface area (Å²) in [6.07, 6.45) is 7.39. The van der Waals surface area contributed by atoms with Crippen LogP contribution in [0, 0.1) is 11.8 Å². The summed E-state index contributed by atoms with van der Waals surface area (Å²) in [5.41, 5.74) is 1.09. The van der Waals surface area contributed by atoms with Crippen LogP contribution in [-0.2, 0) is 6.54 Å². The molecule has 1 saturated carbocycles. The highest BCUT2D eigenvalue weighted by Crippen LogP contribution is 2.29. The molecule has 2 rings (SSSR count). The van der Waals surface area contributed by atoms with E-state index in [-0.39, 0.29) is 30.6 Å². The summed E-state index contributed by atoms with van der Waals surface area (Å²) in [4.78, 5) is 8.95. The van der Waals surface area contributed by atoms with Crippen LogP contribution in [-0.4, -0.2) is 42.4 Å². The van der Waals surface area contributed by atoms with Crippen molar-refractivity contribution in [2.45, 2.75) is 52.5 Å². The highest BCUT2D eigenvalue weighted by atomic mass is 127. The Morgan fingerprint density at radius 2 is 2.15 bits per heavy atom. The Balaban J connectivity index is 0.00000364. The molecule has 1 aromatic heterocycles. The highest BCUT2D eigenvalue weighted by Gasteiger charge is 2.22. The molecule has 0 spiro atoms. The molecule has 0 saturated heterocycles. The quantitative estimate of drug-likeness (QED) is 0.238. The standard InChI is InChI=1S/C20H34N4O2.HI/c1-3-5-16(9-11-25)13-23-20(21-4-2)24-14-18-8-10-22-19(12-18)26-15-17-6-7-17;/h8,10,12,16-17,25H,3-7,9,11,13-15H2,1-2H3,(H2,21,23,24);1H.